The highest BCUT2D eigenvalue weighted by atomic mass is 35.7. The zero-order valence-electron chi connectivity index (χ0n) is 10.6. The summed E-state index contributed by atoms with van der Waals surface area (Å²) in [5.74, 6) is 0.633. The molecule has 1 aromatic rings. The number of amides is 1. The molecule has 108 valence electrons. The van der Waals surface area contributed by atoms with E-state index in [0.29, 0.717) is 34.6 Å². The van der Waals surface area contributed by atoms with Gasteiger partial charge in [0, 0.05) is 10.7 Å². The molecule has 1 aromatic carbocycles. The molecule has 0 aromatic heterocycles. The van der Waals surface area contributed by atoms with Crippen LogP contribution >= 0.6 is 10.7 Å². The van der Waals surface area contributed by atoms with Gasteiger partial charge in [0.1, 0.15) is 13.2 Å². The van der Waals surface area contributed by atoms with Crippen LogP contribution in [0.3, 0.4) is 0 Å². The van der Waals surface area contributed by atoms with E-state index in [9.17, 15) is 13.2 Å². The summed E-state index contributed by atoms with van der Waals surface area (Å²) in [6, 6.07) is 5.11. The Morgan fingerprint density at radius 3 is 2.50 bits per heavy atom. The van der Waals surface area contributed by atoms with Crippen LogP contribution in [-0.2, 0) is 19.6 Å². The van der Waals surface area contributed by atoms with Crippen molar-refractivity contribution in [2.45, 2.75) is 18.9 Å². The Bertz CT molecular complexity index is 689. The molecular weight excluding hydrogens is 306 g/mol. The lowest BCUT2D eigenvalue weighted by Crippen LogP contribution is -2.60. The Labute approximate surface area is 120 Å². The molecule has 0 bridgehead atoms. The van der Waals surface area contributed by atoms with E-state index in [0.717, 1.165) is 0 Å². The maximum Gasteiger partial charge on any atom is 0.324 e. The van der Waals surface area contributed by atoms with Crippen LogP contribution in [0.25, 0.3) is 0 Å². The van der Waals surface area contributed by atoms with E-state index >= 15 is 0 Å². The van der Waals surface area contributed by atoms with Gasteiger partial charge in [0.25, 0.3) is 0 Å². The molecule has 1 unspecified atom stereocenters. The second-order valence-electron chi connectivity index (χ2n) is 4.91. The van der Waals surface area contributed by atoms with Crippen LogP contribution in [0.15, 0.2) is 18.2 Å². The van der Waals surface area contributed by atoms with Crippen molar-refractivity contribution in [1.29, 1.82) is 0 Å². The van der Waals surface area contributed by atoms with Gasteiger partial charge in [-0.05, 0) is 24.6 Å². The molecule has 0 N–H and O–H groups in total. The van der Waals surface area contributed by atoms with Gasteiger partial charge in [-0.1, -0.05) is 6.07 Å². The van der Waals surface area contributed by atoms with E-state index in [-0.39, 0.29) is 6.42 Å². The van der Waals surface area contributed by atoms with Gasteiger partial charge in [0.15, 0.2) is 11.5 Å². The van der Waals surface area contributed by atoms with Crippen molar-refractivity contribution in [3.8, 4) is 11.5 Å². The SMILES string of the molecule is CC1(c2ccc3c(c2)OCCO3)CC(=O)N1S(=O)(=O)Cl. The number of rotatable bonds is 2. The van der Waals surface area contributed by atoms with Crippen molar-refractivity contribution in [2.24, 2.45) is 0 Å². The summed E-state index contributed by atoms with van der Waals surface area (Å²) in [4.78, 5) is 11.6. The summed E-state index contributed by atoms with van der Waals surface area (Å²) in [5, 5.41) is 0. The van der Waals surface area contributed by atoms with Gasteiger partial charge in [-0.15, -0.1) is 0 Å². The second-order valence-corrected chi connectivity index (χ2v) is 7.27. The first-order valence-electron chi connectivity index (χ1n) is 6.00. The van der Waals surface area contributed by atoms with Crippen LogP contribution in [0.4, 0.5) is 0 Å². The number of nitrogens with zero attached hydrogens (tertiary/aromatic N) is 1. The maximum absolute atomic E-state index is 11.6. The van der Waals surface area contributed by atoms with Crippen molar-refractivity contribution in [1.82, 2.24) is 4.31 Å². The number of fused-ring (bicyclic) bond motifs is 1. The molecule has 1 atom stereocenters. The van der Waals surface area contributed by atoms with Crippen molar-refractivity contribution in [2.75, 3.05) is 13.2 Å². The first-order valence-corrected chi connectivity index (χ1v) is 8.27. The number of β-lactam (4-membered cyclic amide) rings is 1. The Balaban J connectivity index is 2.02. The van der Waals surface area contributed by atoms with E-state index in [1.54, 1.807) is 25.1 Å². The molecular formula is C12H12ClNO5S. The fraction of sp³-hybridized carbons (Fsp3) is 0.417. The summed E-state index contributed by atoms with van der Waals surface area (Å²) in [7, 11) is 1.22. The van der Waals surface area contributed by atoms with Crippen LogP contribution in [0, 0.1) is 0 Å². The number of halogens is 1. The molecule has 8 heteroatoms. The third-order valence-corrected chi connectivity index (χ3v) is 5.01. The maximum atomic E-state index is 11.6. The zero-order valence-corrected chi connectivity index (χ0v) is 12.2. The lowest BCUT2D eigenvalue weighted by molar-refractivity contribution is -0.144. The van der Waals surface area contributed by atoms with Crippen LogP contribution < -0.4 is 9.47 Å². The largest absolute Gasteiger partial charge is 0.486 e. The average molecular weight is 318 g/mol. The van der Waals surface area contributed by atoms with E-state index in [4.69, 9.17) is 20.2 Å². The molecule has 0 spiro atoms. The molecule has 6 nitrogen and oxygen atoms in total. The van der Waals surface area contributed by atoms with Crippen molar-refractivity contribution < 1.29 is 22.7 Å². The highest BCUT2D eigenvalue weighted by molar-refractivity contribution is 8.12. The number of carbonyl (C=O) groups excluding carboxylic acids is 1. The van der Waals surface area contributed by atoms with E-state index in [1.165, 1.54) is 0 Å². The Kier molecular flexibility index (Phi) is 2.88. The van der Waals surface area contributed by atoms with Crippen molar-refractivity contribution in [3.63, 3.8) is 0 Å². The van der Waals surface area contributed by atoms with E-state index in [2.05, 4.69) is 0 Å². The fourth-order valence-corrected chi connectivity index (χ4v) is 4.23. The summed E-state index contributed by atoms with van der Waals surface area (Å²) < 4.78 is 34.6. The van der Waals surface area contributed by atoms with Crippen LogP contribution in [0.2, 0.25) is 0 Å². The average Bonchev–Trinajstić information content (AvgIpc) is 2.35. The quantitative estimate of drug-likeness (QED) is 0.609. The lowest BCUT2D eigenvalue weighted by atomic mass is 9.82. The normalized spacial score (nSPS) is 25.3. The molecule has 3 rings (SSSR count). The molecule has 1 fully saturated rings. The zero-order chi connectivity index (χ0) is 14.5. The Morgan fingerprint density at radius 1 is 1.25 bits per heavy atom. The van der Waals surface area contributed by atoms with E-state index < -0.39 is 20.7 Å². The van der Waals surface area contributed by atoms with Gasteiger partial charge in [0.2, 0.25) is 5.91 Å². The minimum Gasteiger partial charge on any atom is -0.486 e. The van der Waals surface area contributed by atoms with Gasteiger partial charge in [-0.3, -0.25) is 4.79 Å². The predicted molar refractivity (Wildman–Crippen MR) is 71.0 cm³/mol. The minimum atomic E-state index is -4.11. The first kappa shape index (κ1) is 13.5. The van der Waals surface area contributed by atoms with Gasteiger partial charge in [-0.2, -0.15) is 8.42 Å². The van der Waals surface area contributed by atoms with Crippen molar-refractivity contribution >= 4 is 25.8 Å². The van der Waals surface area contributed by atoms with Gasteiger partial charge >= 0.3 is 9.24 Å². The number of hydrogen-bond donors (Lipinski definition) is 0. The number of benzene rings is 1. The third-order valence-electron chi connectivity index (χ3n) is 3.55. The molecule has 2 heterocycles. The highest BCUT2D eigenvalue weighted by Gasteiger charge is 2.54. The summed E-state index contributed by atoms with van der Waals surface area (Å²) in [6.07, 6.45) is 0.0819. The number of carbonyl (C=O) groups is 1. The smallest absolute Gasteiger partial charge is 0.324 e. The molecule has 0 radical (unpaired) electrons. The first-order chi connectivity index (χ1) is 9.32. The Morgan fingerprint density at radius 2 is 1.90 bits per heavy atom. The molecule has 0 aliphatic carbocycles. The monoisotopic (exact) mass is 317 g/mol. The van der Waals surface area contributed by atoms with E-state index in [1.807, 2.05) is 0 Å². The summed E-state index contributed by atoms with van der Waals surface area (Å²) in [5.41, 5.74) is -0.335. The third kappa shape index (κ3) is 1.92. The second kappa shape index (κ2) is 4.26. The topological polar surface area (TPSA) is 72.9 Å². The molecule has 0 saturated carbocycles. The summed E-state index contributed by atoms with van der Waals surface area (Å²) in [6.45, 7) is 2.56. The number of hydrogen-bond acceptors (Lipinski definition) is 5. The van der Waals surface area contributed by atoms with Crippen LogP contribution in [0.5, 0.6) is 11.5 Å². The molecule has 20 heavy (non-hydrogen) atoms. The Hall–Kier alpha value is -1.47. The predicted octanol–water partition coefficient (Wildman–Crippen LogP) is 1.39. The fourth-order valence-electron chi connectivity index (χ4n) is 2.58. The molecule has 2 aliphatic rings. The van der Waals surface area contributed by atoms with Crippen LogP contribution in [-0.4, -0.2) is 31.8 Å². The summed E-state index contributed by atoms with van der Waals surface area (Å²) >= 11 is 0. The molecule has 1 saturated heterocycles. The standard InChI is InChI=1S/C12H12ClNO5S/c1-12(7-11(15)14(12)20(13,16)17)8-2-3-9-10(6-8)19-5-4-18-9/h2-3,6H,4-5,7H2,1H3. The van der Waals surface area contributed by atoms with Gasteiger partial charge in [-0.25, -0.2) is 4.31 Å². The van der Waals surface area contributed by atoms with Gasteiger partial charge in [0.05, 0.1) is 12.0 Å². The van der Waals surface area contributed by atoms with Gasteiger partial charge < -0.3 is 9.47 Å². The molecule has 1 amide bonds. The lowest BCUT2D eigenvalue weighted by Gasteiger charge is -2.47. The van der Waals surface area contributed by atoms with Crippen molar-refractivity contribution in [3.05, 3.63) is 23.8 Å². The van der Waals surface area contributed by atoms with Crippen LogP contribution in [0.1, 0.15) is 18.9 Å². The minimum absolute atomic E-state index is 0.0819. The highest BCUT2D eigenvalue weighted by Crippen LogP contribution is 2.46. The molecule has 2 aliphatic heterocycles. The number of ether oxygens (including phenoxy) is 2.